The zero-order valence-corrected chi connectivity index (χ0v) is 13.2. The van der Waals surface area contributed by atoms with Crippen molar-refractivity contribution >= 4 is 12.2 Å². The molecule has 1 aromatic carbocycles. The van der Waals surface area contributed by atoms with Crippen LogP contribution in [0.25, 0.3) is 12.2 Å². The lowest BCUT2D eigenvalue weighted by Crippen LogP contribution is -2.44. The summed E-state index contributed by atoms with van der Waals surface area (Å²) < 4.78 is 5.40. The number of aryl methyl sites for hydroxylation is 1. The predicted molar refractivity (Wildman–Crippen MR) is 83.8 cm³/mol. The van der Waals surface area contributed by atoms with Crippen molar-refractivity contribution in [3.05, 3.63) is 34.2 Å². The fraction of sp³-hybridized carbons (Fsp3) is 0.556. The van der Waals surface area contributed by atoms with Crippen LogP contribution in [-0.2, 0) is 4.74 Å². The lowest BCUT2D eigenvalue weighted by Gasteiger charge is -2.34. The molecule has 0 amide bonds. The number of hydrogen-bond donors (Lipinski definition) is 0. The average Bonchev–Trinajstić information content (AvgIpc) is 3.01. The monoisotopic (exact) mass is 271 g/mol. The van der Waals surface area contributed by atoms with Gasteiger partial charge in [-0.3, -0.25) is 4.90 Å². The molecule has 1 saturated heterocycles. The molecule has 1 saturated carbocycles. The zero-order chi connectivity index (χ0) is 14.7. The van der Waals surface area contributed by atoms with Crippen LogP contribution in [-0.4, -0.2) is 37.2 Å². The van der Waals surface area contributed by atoms with Crippen LogP contribution >= 0.6 is 0 Å². The van der Waals surface area contributed by atoms with Crippen molar-refractivity contribution in [3.63, 3.8) is 0 Å². The van der Waals surface area contributed by atoms with Crippen LogP contribution in [0.4, 0.5) is 0 Å². The van der Waals surface area contributed by atoms with Gasteiger partial charge in [-0.05, 0) is 43.8 Å². The van der Waals surface area contributed by atoms with Gasteiger partial charge in [-0.15, -0.1) is 0 Å². The Labute approximate surface area is 121 Å². The van der Waals surface area contributed by atoms with Crippen LogP contribution in [0.15, 0.2) is 18.2 Å². The first-order chi connectivity index (χ1) is 9.39. The second kappa shape index (κ2) is 4.44. The molecule has 0 aromatic heterocycles. The molecule has 0 spiro atoms. The molecule has 1 aliphatic carbocycles. The number of hydrogen-bond acceptors (Lipinski definition) is 2. The Morgan fingerprint density at radius 3 is 2.70 bits per heavy atom. The Bertz CT molecular complexity index is 646. The third-order valence-corrected chi connectivity index (χ3v) is 5.36. The molecule has 3 rings (SSSR count). The van der Waals surface area contributed by atoms with Crippen LogP contribution in [0.1, 0.15) is 19.4 Å². The summed E-state index contributed by atoms with van der Waals surface area (Å²) in [4.78, 5) is 2.53. The van der Waals surface area contributed by atoms with Gasteiger partial charge >= 0.3 is 0 Å². The highest BCUT2D eigenvalue weighted by molar-refractivity contribution is 5.67. The summed E-state index contributed by atoms with van der Waals surface area (Å²) in [5, 5.41) is 2.50. The number of fused-ring (bicyclic) bond motifs is 1. The number of nitrogens with zero attached hydrogens (tertiary/aromatic N) is 1. The third kappa shape index (κ3) is 1.78. The van der Waals surface area contributed by atoms with Gasteiger partial charge in [0.15, 0.2) is 0 Å². The second-order valence-electron chi connectivity index (χ2n) is 6.88. The smallest absolute Gasteiger partial charge is 0.0512 e. The normalized spacial score (nSPS) is 34.1. The molecular formula is C18H25NO. The minimum absolute atomic E-state index is 0.111. The first kappa shape index (κ1) is 13.8. The number of likely N-dealkylation sites (tertiary alicyclic amines) is 1. The highest BCUT2D eigenvalue weighted by Gasteiger charge is 2.65. The SMILES string of the molecule is C=c1ccc(C)c/c1=C1\C2C(COC)C2N(C)C1(C)C. The fourth-order valence-corrected chi connectivity index (χ4v) is 4.08. The number of benzene rings is 1. The maximum Gasteiger partial charge on any atom is 0.0512 e. The first-order valence-corrected chi connectivity index (χ1v) is 7.41. The molecule has 0 radical (unpaired) electrons. The van der Waals surface area contributed by atoms with Gasteiger partial charge in [0.25, 0.3) is 0 Å². The van der Waals surface area contributed by atoms with E-state index >= 15 is 0 Å². The molecular weight excluding hydrogens is 246 g/mol. The minimum atomic E-state index is 0.111. The Kier molecular flexibility index (Phi) is 3.07. The van der Waals surface area contributed by atoms with Crippen molar-refractivity contribution in [1.82, 2.24) is 4.90 Å². The highest BCUT2D eigenvalue weighted by atomic mass is 16.5. The summed E-state index contributed by atoms with van der Waals surface area (Å²) in [6.07, 6.45) is 0. The molecule has 108 valence electrons. The van der Waals surface area contributed by atoms with Gasteiger partial charge in [0.2, 0.25) is 0 Å². The second-order valence-corrected chi connectivity index (χ2v) is 6.88. The molecule has 0 N–H and O–H groups in total. The number of piperidine rings is 1. The standard InChI is InChI=1S/C18H25NO/c1-11-7-8-12(2)13(9-11)16-15-14(10-20-6)17(15)19(5)18(16,3)4/h7-9,14-15,17H,2,10H2,1,3-6H3/b16-13-. The summed E-state index contributed by atoms with van der Waals surface area (Å²) >= 11 is 0. The van der Waals surface area contributed by atoms with Crippen LogP contribution in [0, 0.1) is 18.8 Å². The lowest BCUT2D eigenvalue weighted by atomic mass is 9.87. The summed E-state index contributed by atoms with van der Waals surface area (Å²) in [7, 11) is 4.05. The molecule has 2 heteroatoms. The van der Waals surface area contributed by atoms with Gasteiger partial charge in [0.05, 0.1) is 6.61 Å². The van der Waals surface area contributed by atoms with Crippen molar-refractivity contribution in [2.45, 2.75) is 32.4 Å². The van der Waals surface area contributed by atoms with Crippen molar-refractivity contribution in [3.8, 4) is 0 Å². The predicted octanol–water partition coefficient (Wildman–Crippen LogP) is 1.54. The van der Waals surface area contributed by atoms with E-state index in [2.05, 4.69) is 57.5 Å². The van der Waals surface area contributed by atoms with Gasteiger partial charge in [-0.25, -0.2) is 0 Å². The maximum atomic E-state index is 5.40. The highest BCUT2D eigenvalue weighted by Crippen LogP contribution is 2.59. The molecule has 1 heterocycles. The van der Waals surface area contributed by atoms with Crippen molar-refractivity contribution in [2.75, 3.05) is 20.8 Å². The Hall–Kier alpha value is -1.12. The summed E-state index contributed by atoms with van der Waals surface area (Å²) in [6, 6.07) is 7.24. The molecule has 2 aliphatic rings. The summed E-state index contributed by atoms with van der Waals surface area (Å²) in [6.45, 7) is 11.9. The van der Waals surface area contributed by atoms with E-state index in [0.29, 0.717) is 17.9 Å². The van der Waals surface area contributed by atoms with E-state index in [1.165, 1.54) is 10.8 Å². The van der Waals surface area contributed by atoms with Crippen LogP contribution < -0.4 is 10.4 Å². The molecule has 3 atom stereocenters. The number of ether oxygens (including phenoxy) is 1. The van der Waals surface area contributed by atoms with Gasteiger partial charge in [0, 0.05) is 30.5 Å². The van der Waals surface area contributed by atoms with E-state index in [4.69, 9.17) is 4.74 Å². The Morgan fingerprint density at radius 2 is 2.05 bits per heavy atom. The molecule has 2 fully saturated rings. The van der Waals surface area contributed by atoms with Gasteiger partial charge < -0.3 is 4.74 Å². The van der Waals surface area contributed by atoms with E-state index in [9.17, 15) is 0 Å². The van der Waals surface area contributed by atoms with E-state index in [0.717, 1.165) is 11.8 Å². The van der Waals surface area contributed by atoms with Crippen LogP contribution in [0.3, 0.4) is 0 Å². The zero-order valence-electron chi connectivity index (χ0n) is 13.2. The largest absolute Gasteiger partial charge is 0.384 e. The van der Waals surface area contributed by atoms with Crippen molar-refractivity contribution in [1.29, 1.82) is 0 Å². The number of rotatable bonds is 2. The molecule has 3 unspecified atom stereocenters. The van der Waals surface area contributed by atoms with Crippen molar-refractivity contribution in [2.24, 2.45) is 11.8 Å². The molecule has 1 aliphatic heterocycles. The lowest BCUT2D eigenvalue weighted by molar-refractivity contribution is 0.147. The first-order valence-electron chi connectivity index (χ1n) is 7.41. The molecule has 0 bridgehead atoms. The fourth-order valence-electron chi connectivity index (χ4n) is 4.08. The summed E-state index contributed by atoms with van der Waals surface area (Å²) in [5.74, 6) is 1.28. The van der Waals surface area contributed by atoms with E-state index in [1.807, 2.05) is 0 Å². The number of methoxy groups -OCH3 is 1. The van der Waals surface area contributed by atoms with Crippen LogP contribution in [0.2, 0.25) is 0 Å². The Balaban J connectivity index is 2.20. The summed E-state index contributed by atoms with van der Waals surface area (Å²) in [5.41, 5.74) is 2.98. The average molecular weight is 271 g/mol. The molecule has 20 heavy (non-hydrogen) atoms. The molecule has 2 nitrogen and oxygen atoms in total. The van der Waals surface area contributed by atoms with Gasteiger partial charge in [-0.2, -0.15) is 0 Å². The van der Waals surface area contributed by atoms with E-state index < -0.39 is 0 Å². The van der Waals surface area contributed by atoms with E-state index in [-0.39, 0.29) is 5.54 Å². The Morgan fingerprint density at radius 1 is 1.35 bits per heavy atom. The minimum Gasteiger partial charge on any atom is -0.384 e. The van der Waals surface area contributed by atoms with E-state index in [1.54, 1.807) is 12.7 Å². The van der Waals surface area contributed by atoms with Crippen LogP contribution in [0.5, 0.6) is 0 Å². The van der Waals surface area contributed by atoms with Gasteiger partial charge in [-0.1, -0.05) is 30.3 Å². The molecule has 1 aromatic rings. The third-order valence-electron chi connectivity index (χ3n) is 5.36. The van der Waals surface area contributed by atoms with Crippen molar-refractivity contribution < 1.29 is 4.74 Å². The maximum absolute atomic E-state index is 5.40. The quantitative estimate of drug-likeness (QED) is 0.809. The topological polar surface area (TPSA) is 12.5 Å². The van der Waals surface area contributed by atoms with Gasteiger partial charge in [0.1, 0.15) is 0 Å².